The number of fused-ring (bicyclic) bond motifs is 1. The summed E-state index contributed by atoms with van der Waals surface area (Å²) < 4.78 is 9.26. The second kappa shape index (κ2) is 4.68. The minimum absolute atomic E-state index is 0.126. The summed E-state index contributed by atoms with van der Waals surface area (Å²) in [6.07, 6.45) is -0.468. The highest BCUT2D eigenvalue weighted by atomic mass is 16.5. The highest BCUT2D eigenvalue weighted by Gasteiger charge is 2.58. The second-order valence-corrected chi connectivity index (χ2v) is 4.85. The summed E-state index contributed by atoms with van der Waals surface area (Å²) in [6, 6.07) is 0. The van der Waals surface area contributed by atoms with E-state index in [1.54, 1.807) is 0 Å². The Morgan fingerprint density at radius 1 is 1.17 bits per heavy atom. The Balaban J connectivity index is 2.24. The van der Waals surface area contributed by atoms with Crippen LogP contribution in [-0.4, -0.2) is 43.2 Å². The molecule has 2 saturated carbocycles. The average Bonchev–Trinajstić information content (AvgIpc) is 2.80. The van der Waals surface area contributed by atoms with E-state index in [4.69, 9.17) is 0 Å². The molecule has 0 heterocycles. The lowest BCUT2D eigenvalue weighted by atomic mass is 9.89. The fourth-order valence-corrected chi connectivity index (χ4v) is 3.31. The van der Waals surface area contributed by atoms with E-state index in [1.165, 1.54) is 14.2 Å². The SMILES string of the molecule is COC(=O)C1C(=O)CC2C1C[C@@H](O)C2C(=O)OC. The molecule has 0 aromatic rings. The number of Topliss-reactive ketones (excluding diaryl/α,β-unsaturated/α-hetero) is 1. The second-order valence-electron chi connectivity index (χ2n) is 4.85. The molecule has 0 spiro atoms. The molecule has 100 valence electrons. The van der Waals surface area contributed by atoms with Gasteiger partial charge in [-0.15, -0.1) is 0 Å². The predicted molar refractivity (Wildman–Crippen MR) is 58.2 cm³/mol. The summed E-state index contributed by atoms with van der Waals surface area (Å²) in [5.74, 6) is -3.49. The first-order chi connectivity index (χ1) is 8.51. The third kappa shape index (κ3) is 1.80. The van der Waals surface area contributed by atoms with Gasteiger partial charge in [0.05, 0.1) is 26.2 Å². The van der Waals surface area contributed by atoms with Crippen molar-refractivity contribution in [3.8, 4) is 0 Å². The summed E-state index contributed by atoms with van der Waals surface area (Å²) in [6.45, 7) is 0. The van der Waals surface area contributed by atoms with Crippen LogP contribution in [0.15, 0.2) is 0 Å². The topological polar surface area (TPSA) is 89.9 Å². The van der Waals surface area contributed by atoms with Crippen LogP contribution in [0.3, 0.4) is 0 Å². The number of carbonyl (C=O) groups is 3. The van der Waals surface area contributed by atoms with Gasteiger partial charge in [-0.3, -0.25) is 14.4 Å². The Bertz CT molecular complexity index is 390. The molecule has 0 aromatic carbocycles. The van der Waals surface area contributed by atoms with Crippen LogP contribution in [0.4, 0.5) is 0 Å². The first kappa shape index (κ1) is 13.0. The monoisotopic (exact) mass is 256 g/mol. The van der Waals surface area contributed by atoms with Crippen molar-refractivity contribution in [1.82, 2.24) is 0 Å². The Morgan fingerprint density at radius 3 is 2.33 bits per heavy atom. The number of methoxy groups -OCH3 is 2. The van der Waals surface area contributed by atoms with Crippen molar-refractivity contribution >= 4 is 17.7 Å². The number of hydrogen-bond donors (Lipinski definition) is 1. The predicted octanol–water partition coefficient (Wildman–Crippen LogP) is -0.465. The lowest BCUT2D eigenvalue weighted by Crippen LogP contribution is -2.29. The van der Waals surface area contributed by atoms with Crippen molar-refractivity contribution in [3.63, 3.8) is 0 Å². The molecule has 5 atom stereocenters. The van der Waals surface area contributed by atoms with Crippen LogP contribution in [0, 0.1) is 23.7 Å². The van der Waals surface area contributed by atoms with Crippen LogP contribution in [0.1, 0.15) is 12.8 Å². The van der Waals surface area contributed by atoms with E-state index < -0.39 is 29.9 Å². The van der Waals surface area contributed by atoms with Gasteiger partial charge in [0.25, 0.3) is 0 Å². The molecule has 6 nitrogen and oxygen atoms in total. The molecule has 4 unspecified atom stereocenters. The molecule has 0 radical (unpaired) electrons. The highest BCUT2D eigenvalue weighted by molar-refractivity contribution is 6.01. The van der Waals surface area contributed by atoms with Crippen LogP contribution in [-0.2, 0) is 23.9 Å². The maximum Gasteiger partial charge on any atom is 0.316 e. The molecule has 0 saturated heterocycles. The van der Waals surface area contributed by atoms with Crippen molar-refractivity contribution in [2.45, 2.75) is 18.9 Å². The molecule has 18 heavy (non-hydrogen) atoms. The first-order valence-electron chi connectivity index (χ1n) is 5.87. The van der Waals surface area contributed by atoms with Crippen LogP contribution >= 0.6 is 0 Å². The third-order valence-electron chi connectivity index (χ3n) is 4.08. The normalized spacial score (nSPS) is 38.4. The smallest absolute Gasteiger partial charge is 0.316 e. The zero-order valence-electron chi connectivity index (χ0n) is 10.3. The van der Waals surface area contributed by atoms with Crippen molar-refractivity contribution in [2.75, 3.05) is 14.2 Å². The lowest BCUT2D eigenvalue weighted by Gasteiger charge is -2.17. The number of esters is 2. The summed E-state index contributed by atoms with van der Waals surface area (Å²) in [4.78, 5) is 35.0. The quantitative estimate of drug-likeness (QED) is 0.531. The summed E-state index contributed by atoms with van der Waals surface area (Å²) in [7, 11) is 2.48. The fourth-order valence-electron chi connectivity index (χ4n) is 3.31. The zero-order chi connectivity index (χ0) is 13.4. The number of aliphatic hydroxyl groups excluding tert-OH is 1. The molecule has 0 aliphatic heterocycles. The highest BCUT2D eigenvalue weighted by Crippen LogP contribution is 2.49. The van der Waals surface area contributed by atoms with Gasteiger partial charge >= 0.3 is 11.9 Å². The molecular weight excluding hydrogens is 240 g/mol. The molecule has 2 aliphatic rings. The molecular formula is C12H16O6. The fraction of sp³-hybridized carbons (Fsp3) is 0.750. The van der Waals surface area contributed by atoms with E-state index in [1.807, 2.05) is 0 Å². The van der Waals surface area contributed by atoms with Gasteiger partial charge in [0.1, 0.15) is 11.7 Å². The van der Waals surface area contributed by atoms with E-state index in [0.717, 1.165) is 0 Å². The van der Waals surface area contributed by atoms with E-state index in [9.17, 15) is 19.5 Å². The molecule has 6 heteroatoms. The number of ketones is 1. The van der Waals surface area contributed by atoms with Gasteiger partial charge in [0, 0.05) is 6.42 Å². The molecule has 0 bridgehead atoms. The zero-order valence-corrected chi connectivity index (χ0v) is 10.3. The summed E-state index contributed by atoms with van der Waals surface area (Å²) in [5.41, 5.74) is 0. The molecule has 1 N–H and O–H groups in total. The number of hydrogen-bond acceptors (Lipinski definition) is 6. The number of carbonyl (C=O) groups excluding carboxylic acids is 3. The maximum atomic E-state index is 11.8. The molecule has 2 aliphatic carbocycles. The van der Waals surface area contributed by atoms with E-state index >= 15 is 0 Å². The van der Waals surface area contributed by atoms with E-state index in [-0.39, 0.29) is 30.5 Å². The number of rotatable bonds is 2. The van der Waals surface area contributed by atoms with Gasteiger partial charge in [0.15, 0.2) is 0 Å². The lowest BCUT2D eigenvalue weighted by molar-refractivity contribution is -0.151. The van der Waals surface area contributed by atoms with Gasteiger partial charge < -0.3 is 14.6 Å². The van der Waals surface area contributed by atoms with Crippen LogP contribution in [0.5, 0.6) is 0 Å². The molecule has 2 fully saturated rings. The first-order valence-corrected chi connectivity index (χ1v) is 5.87. The molecule has 0 aromatic heterocycles. The summed E-state index contributed by atoms with van der Waals surface area (Å²) >= 11 is 0. The van der Waals surface area contributed by atoms with Gasteiger partial charge in [-0.05, 0) is 18.3 Å². The minimum atomic E-state index is -0.854. The number of aliphatic hydroxyl groups is 1. The third-order valence-corrected chi connectivity index (χ3v) is 4.08. The average molecular weight is 256 g/mol. The Morgan fingerprint density at radius 2 is 1.78 bits per heavy atom. The Hall–Kier alpha value is -1.43. The van der Waals surface area contributed by atoms with Crippen LogP contribution in [0.25, 0.3) is 0 Å². The standard InChI is InChI=1S/C12H16O6/c1-17-11(15)9-5-3-8(14)10(12(16)18-2)6(5)4-7(9)13/h5-7,9-10,13H,3-4H2,1-2H3/t5?,6?,7-,9?,10?/m1/s1. The summed E-state index contributed by atoms with van der Waals surface area (Å²) in [5, 5.41) is 9.89. The van der Waals surface area contributed by atoms with Gasteiger partial charge in [-0.2, -0.15) is 0 Å². The minimum Gasteiger partial charge on any atom is -0.469 e. The number of ether oxygens (including phenoxy) is 2. The Labute approximate surface area is 104 Å². The van der Waals surface area contributed by atoms with Crippen molar-refractivity contribution in [3.05, 3.63) is 0 Å². The van der Waals surface area contributed by atoms with Crippen LogP contribution in [0.2, 0.25) is 0 Å². The molecule has 2 rings (SSSR count). The van der Waals surface area contributed by atoms with Gasteiger partial charge in [-0.25, -0.2) is 0 Å². The van der Waals surface area contributed by atoms with Crippen molar-refractivity contribution < 1.29 is 29.0 Å². The van der Waals surface area contributed by atoms with Crippen LogP contribution < -0.4 is 0 Å². The molecule has 0 amide bonds. The largest absolute Gasteiger partial charge is 0.469 e. The van der Waals surface area contributed by atoms with Crippen molar-refractivity contribution in [2.24, 2.45) is 23.7 Å². The van der Waals surface area contributed by atoms with Crippen molar-refractivity contribution in [1.29, 1.82) is 0 Å². The van der Waals surface area contributed by atoms with Gasteiger partial charge in [0.2, 0.25) is 0 Å². The van der Waals surface area contributed by atoms with Gasteiger partial charge in [-0.1, -0.05) is 0 Å². The Kier molecular flexibility index (Phi) is 3.38. The van der Waals surface area contributed by atoms with E-state index in [2.05, 4.69) is 9.47 Å². The van der Waals surface area contributed by atoms with E-state index in [0.29, 0.717) is 0 Å². The maximum absolute atomic E-state index is 11.8.